The second-order valence-electron chi connectivity index (χ2n) is 6.41. The van der Waals surface area contributed by atoms with E-state index in [1.807, 2.05) is 0 Å². The molecule has 0 rings (SSSR count). The minimum absolute atomic E-state index is 0.250. The number of aliphatic hydroxyl groups excluding tert-OH is 1. The second-order valence-corrected chi connectivity index (χ2v) is 6.41. The number of aliphatic hydroxyl groups is 1. The molecule has 0 bridgehead atoms. The molecule has 0 aromatic rings. The van der Waals surface area contributed by atoms with E-state index in [0.29, 0.717) is 6.42 Å². The molecule has 0 saturated carbocycles. The van der Waals surface area contributed by atoms with Crippen LogP contribution in [-0.4, -0.2) is 22.8 Å². The van der Waals surface area contributed by atoms with Gasteiger partial charge in [0.2, 0.25) is 0 Å². The molecule has 0 atom stereocenters. The van der Waals surface area contributed by atoms with Gasteiger partial charge in [-0.1, -0.05) is 96.8 Å². The average Bonchev–Trinajstić information content (AvgIpc) is 2.51. The third-order valence-electron chi connectivity index (χ3n) is 3.99. The van der Waals surface area contributed by atoms with Crippen molar-refractivity contribution >= 4 is 5.97 Å². The third-order valence-corrected chi connectivity index (χ3v) is 3.99. The summed E-state index contributed by atoms with van der Waals surface area (Å²) < 4.78 is 0. The van der Waals surface area contributed by atoms with Gasteiger partial charge in [0.15, 0.2) is 0 Å². The predicted octanol–water partition coefficient (Wildman–Crippen LogP) is 6.33. The topological polar surface area (TPSA) is 57.5 Å². The van der Waals surface area contributed by atoms with E-state index in [9.17, 15) is 4.79 Å². The predicted molar refractivity (Wildman–Crippen MR) is 99.9 cm³/mol. The van der Waals surface area contributed by atoms with Gasteiger partial charge in [-0.25, -0.2) is 0 Å². The van der Waals surface area contributed by atoms with Crippen LogP contribution in [0, 0.1) is 0 Å². The number of carboxylic acid groups (broad SMARTS) is 1. The molecule has 3 nitrogen and oxygen atoms in total. The molecule has 0 aliphatic rings. The Morgan fingerprint density at radius 1 is 0.609 bits per heavy atom. The molecular weight excluding hydrogens is 288 g/mol. The van der Waals surface area contributed by atoms with Gasteiger partial charge in [0, 0.05) is 13.0 Å². The van der Waals surface area contributed by atoms with Gasteiger partial charge in [-0.3, -0.25) is 4.79 Å². The van der Waals surface area contributed by atoms with E-state index >= 15 is 0 Å². The Morgan fingerprint density at radius 2 is 0.870 bits per heavy atom. The molecule has 0 saturated heterocycles. The summed E-state index contributed by atoms with van der Waals surface area (Å²) in [5, 5.41) is 16.1. The lowest BCUT2D eigenvalue weighted by atomic mass is 10.0. The van der Waals surface area contributed by atoms with Crippen LogP contribution in [0.3, 0.4) is 0 Å². The van der Waals surface area contributed by atoms with Crippen LogP contribution in [0.5, 0.6) is 0 Å². The summed E-state index contributed by atoms with van der Waals surface area (Å²) in [6, 6.07) is 0. The molecule has 0 heterocycles. The fourth-order valence-corrected chi connectivity index (χ4v) is 2.65. The molecule has 0 aliphatic carbocycles. The monoisotopic (exact) mass is 330 g/mol. The number of carboxylic acids is 1. The normalized spacial score (nSPS) is 10.2. The standard InChI is InChI=1S/C18H36O2.C2H6O/c1-2-3-4-5-6-7-8-9-10-11-12-13-14-15-16-17-18(19)20;1-2-3/h2-17H2,1H3,(H,19,20);3H,2H2,1H3. The first kappa shape index (κ1) is 24.7. The van der Waals surface area contributed by atoms with Gasteiger partial charge < -0.3 is 10.2 Å². The van der Waals surface area contributed by atoms with Crippen molar-refractivity contribution in [1.29, 1.82) is 0 Å². The van der Waals surface area contributed by atoms with Crippen molar-refractivity contribution < 1.29 is 15.0 Å². The minimum Gasteiger partial charge on any atom is -0.481 e. The average molecular weight is 331 g/mol. The van der Waals surface area contributed by atoms with E-state index in [4.69, 9.17) is 10.2 Å². The van der Waals surface area contributed by atoms with Crippen LogP contribution in [0.25, 0.3) is 0 Å². The van der Waals surface area contributed by atoms with E-state index in [-0.39, 0.29) is 6.61 Å². The number of aliphatic carboxylic acids is 1. The summed E-state index contributed by atoms with van der Waals surface area (Å²) in [7, 11) is 0. The van der Waals surface area contributed by atoms with E-state index in [1.165, 1.54) is 83.5 Å². The second kappa shape index (κ2) is 23.7. The van der Waals surface area contributed by atoms with Crippen molar-refractivity contribution in [3.8, 4) is 0 Å². The molecule has 3 heteroatoms. The zero-order valence-corrected chi connectivity index (χ0v) is 15.8. The number of hydrogen-bond acceptors (Lipinski definition) is 2. The van der Waals surface area contributed by atoms with Crippen LogP contribution < -0.4 is 0 Å². The van der Waals surface area contributed by atoms with Gasteiger partial charge in [0.05, 0.1) is 0 Å². The van der Waals surface area contributed by atoms with Crippen LogP contribution in [0.2, 0.25) is 0 Å². The van der Waals surface area contributed by atoms with Gasteiger partial charge in [0.25, 0.3) is 0 Å². The third kappa shape index (κ3) is 30.0. The highest BCUT2D eigenvalue weighted by atomic mass is 16.4. The van der Waals surface area contributed by atoms with Gasteiger partial charge in [-0.2, -0.15) is 0 Å². The molecule has 0 amide bonds. The van der Waals surface area contributed by atoms with Crippen molar-refractivity contribution in [2.24, 2.45) is 0 Å². The number of carbonyl (C=O) groups is 1. The Hall–Kier alpha value is -0.570. The molecule has 140 valence electrons. The van der Waals surface area contributed by atoms with E-state index < -0.39 is 5.97 Å². The molecule has 23 heavy (non-hydrogen) atoms. The first-order valence-electron chi connectivity index (χ1n) is 10.0. The lowest BCUT2D eigenvalue weighted by Gasteiger charge is -2.03. The van der Waals surface area contributed by atoms with Gasteiger partial charge in [-0.05, 0) is 13.3 Å². The highest BCUT2D eigenvalue weighted by Crippen LogP contribution is 2.13. The van der Waals surface area contributed by atoms with Gasteiger partial charge in [0.1, 0.15) is 0 Å². The quantitative estimate of drug-likeness (QED) is 0.325. The van der Waals surface area contributed by atoms with Crippen molar-refractivity contribution in [3.63, 3.8) is 0 Å². The summed E-state index contributed by atoms with van der Waals surface area (Å²) >= 11 is 0. The summed E-state index contributed by atoms with van der Waals surface area (Å²) in [6.45, 7) is 4.20. The maximum absolute atomic E-state index is 10.3. The van der Waals surface area contributed by atoms with Crippen LogP contribution in [-0.2, 0) is 4.79 Å². The Bertz CT molecular complexity index is 217. The maximum Gasteiger partial charge on any atom is 0.303 e. The Labute approximate surface area is 144 Å². The molecule has 0 spiro atoms. The van der Waals surface area contributed by atoms with E-state index in [0.717, 1.165) is 12.8 Å². The summed E-state index contributed by atoms with van der Waals surface area (Å²) in [6.07, 6.45) is 20.2. The molecule has 2 N–H and O–H groups in total. The van der Waals surface area contributed by atoms with E-state index in [1.54, 1.807) is 6.92 Å². The molecule has 0 aromatic carbocycles. The van der Waals surface area contributed by atoms with Crippen molar-refractivity contribution in [1.82, 2.24) is 0 Å². The van der Waals surface area contributed by atoms with Crippen LogP contribution in [0.1, 0.15) is 117 Å². The van der Waals surface area contributed by atoms with Crippen LogP contribution in [0.4, 0.5) is 0 Å². The smallest absolute Gasteiger partial charge is 0.303 e. The maximum atomic E-state index is 10.3. The van der Waals surface area contributed by atoms with Crippen molar-refractivity contribution in [2.75, 3.05) is 6.61 Å². The molecule has 0 fully saturated rings. The van der Waals surface area contributed by atoms with Gasteiger partial charge in [-0.15, -0.1) is 0 Å². The molecule has 0 unspecified atom stereocenters. The Morgan fingerprint density at radius 3 is 1.13 bits per heavy atom. The van der Waals surface area contributed by atoms with Gasteiger partial charge >= 0.3 is 5.97 Å². The molecular formula is C20H42O3. The highest BCUT2D eigenvalue weighted by molar-refractivity contribution is 5.66. The Balaban J connectivity index is 0. The molecule has 0 aliphatic heterocycles. The Kier molecular flexibility index (Phi) is 25.4. The lowest BCUT2D eigenvalue weighted by Crippen LogP contribution is -1.93. The van der Waals surface area contributed by atoms with Crippen molar-refractivity contribution in [2.45, 2.75) is 117 Å². The van der Waals surface area contributed by atoms with Crippen LogP contribution in [0.15, 0.2) is 0 Å². The van der Waals surface area contributed by atoms with Crippen molar-refractivity contribution in [3.05, 3.63) is 0 Å². The number of rotatable bonds is 16. The first-order chi connectivity index (χ1) is 11.2. The first-order valence-corrected chi connectivity index (χ1v) is 10.0. The molecule has 0 aromatic heterocycles. The zero-order chi connectivity index (χ0) is 17.6. The van der Waals surface area contributed by atoms with Crippen LogP contribution >= 0.6 is 0 Å². The fraction of sp³-hybridized carbons (Fsp3) is 0.950. The minimum atomic E-state index is -0.653. The molecule has 0 radical (unpaired) electrons. The summed E-state index contributed by atoms with van der Waals surface area (Å²) in [5.74, 6) is -0.653. The SMILES string of the molecule is CCCCCCCCCCCCCCCCCC(=O)O.CCO. The highest BCUT2D eigenvalue weighted by Gasteiger charge is 1.97. The summed E-state index contributed by atoms with van der Waals surface area (Å²) in [5.41, 5.74) is 0. The fourth-order valence-electron chi connectivity index (χ4n) is 2.65. The lowest BCUT2D eigenvalue weighted by molar-refractivity contribution is -0.137. The van der Waals surface area contributed by atoms with E-state index in [2.05, 4.69) is 6.92 Å². The zero-order valence-electron chi connectivity index (χ0n) is 15.8. The number of hydrogen-bond donors (Lipinski definition) is 2. The number of unbranched alkanes of at least 4 members (excludes halogenated alkanes) is 14. The largest absolute Gasteiger partial charge is 0.481 e. The summed E-state index contributed by atoms with van der Waals surface area (Å²) in [4.78, 5) is 10.3.